The van der Waals surface area contributed by atoms with E-state index in [0.717, 1.165) is 22.4 Å². The van der Waals surface area contributed by atoms with Crippen molar-refractivity contribution in [3.63, 3.8) is 0 Å². The van der Waals surface area contributed by atoms with Gasteiger partial charge in [-0.15, -0.1) is 5.10 Å². The Balaban J connectivity index is 1.90. The van der Waals surface area contributed by atoms with Crippen molar-refractivity contribution in [1.29, 1.82) is 0 Å². The van der Waals surface area contributed by atoms with Crippen LogP contribution in [0.3, 0.4) is 0 Å². The molecule has 0 aromatic carbocycles. The van der Waals surface area contributed by atoms with Gasteiger partial charge < -0.3 is 5.32 Å². The average molecular weight is 310 g/mol. The van der Waals surface area contributed by atoms with Gasteiger partial charge in [0.05, 0.1) is 6.04 Å². The fourth-order valence-corrected chi connectivity index (χ4v) is 1.88. The molecule has 18 heavy (non-hydrogen) atoms. The highest BCUT2D eigenvalue weighted by Crippen LogP contribution is 2.13. The van der Waals surface area contributed by atoms with Gasteiger partial charge in [0.1, 0.15) is 5.69 Å². The monoisotopic (exact) mass is 309 g/mol. The molecular formula is C12H16BrN5. The van der Waals surface area contributed by atoms with Crippen LogP contribution in [0.4, 0.5) is 0 Å². The maximum Gasteiger partial charge on any atom is 0.152 e. The number of rotatable bonds is 5. The number of pyridine rings is 1. The summed E-state index contributed by atoms with van der Waals surface area (Å²) in [6.45, 7) is 5.57. The molecule has 0 unspecified atom stereocenters. The number of hydrogen-bond donors (Lipinski definition) is 1. The second-order valence-electron chi connectivity index (χ2n) is 4.32. The molecule has 0 saturated carbocycles. The molecule has 0 aliphatic carbocycles. The Morgan fingerprint density at radius 1 is 1.33 bits per heavy atom. The standard InChI is InChI=1S/C12H16BrN5/c1-9(2)18-16-11(12(13)17-18)8-15-7-10-4-3-5-14-6-10/h3-6,9,15H,7-8H2,1-2H3. The number of nitrogens with zero attached hydrogens (tertiary/aromatic N) is 4. The number of aromatic nitrogens is 4. The summed E-state index contributed by atoms with van der Waals surface area (Å²) in [5, 5.41) is 12.1. The Labute approximate surface area is 115 Å². The molecular weight excluding hydrogens is 294 g/mol. The summed E-state index contributed by atoms with van der Waals surface area (Å²) in [5.74, 6) is 0. The van der Waals surface area contributed by atoms with Gasteiger partial charge in [-0.25, -0.2) is 0 Å². The second-order valence-corrected chi connectivity index (χ2v) is 5.07. The van der Waals surface area contributed by atoms with Crippen LogP contribution in [0.5, 0.6) is 0 Å². The van der Waals surface area contributed by atoms with Gasteiger partial charge in [-0.05, 0) is 41.4 Å². The van der Waals surface area contributed by atoms with Gasteiger partial charge in [-0.3, -0.25) is 4.98 Å². The van der Waals surface area contributed by atoms with E-state index >= 15 is 0 Å². The van der Waals surface area contributed by atoms with E-state index < -0.39 is 0 Å². The first-order valence-electron chi connectivity index (χ1n) is 5.87. The number of halogens is 1. The average Bonchev–Trinajstić information content (AvgIpc) is 2.73. The molecule has 0 aliphatic heterocycles. The molecule has 2 rings (SSSR count). The molecule has 6 heteroatoms. The van der Waals surface area contributed by atoms with E-state index in [0.29, 0.717) is 6.54 Å². The lowest BCUT2D eigenvalue weighted by molar-refractivity contribution is 0.460. The summed E-state index contributed by atoms with van der Waals surface area (Å²) >= 11 is 3.43. The van der Waals surface area contributed by atoms with Crippen molar-refractivity contribution < 1.29 is 0 Å². The van der Waals surface area contributed by atoms with Crippen molar-refractivity contribution in [2.45, 2.75) is 33.0 Å². The van der Waals surface area contributed by atoms with E-state index in [4.69, 9.17) is 0 Å². The summed E-state index contributed by atoms with van der Waals surface area (Å²) in [5.41, 5.74) is 2.08. The van der Waals surface area contributed by atoms with Gasteiger partial charge >= 0.3 is 0 Å². The summed E-state index contributed by atoms with van der Waals surface area (Å²) in [4.78, 5) is 5.79. The molecule has 2 heterocycles. The number of nitrogens with one attached hydrogen (secondary N) is 1. The van der Waals surface area contributed by atoms with Crippen molar-refractivity contribution in [2.24, 2.45) is 0 Å². The van der Waals surface area contributed by atoms with Crippen molar-refractivity contribution >= 4 is 15.9 Å². The lowest BCUT2D eigenvalue weighted by Crippen LogP contribution is -2.14. The van der Waals surface area contributed by atoms with E-state index in [1.165, 1.54) is 0 Å². The van der Waals surface area contributed by atoms with Crippen LogP contribution in [0.2, 0.25) is 0 Å². The second kappa shape index (κ2) is 6.06. The van der Waals surface area contributed by atoms with E-state index in [1.54, 1.807) is 11.0 Å². The molecule has 2 aromatic rings. The topological polar surface area (TPSA) is 55.6 Å². The van der Waals surface area contributed by atoms with E-state index in [1.807, 2.05) is 18.3 Å². The van der Waals surface area contributed by atoms with Crippen LogP contribution in [-0.4, -0.2) is 20.0 Å². The highest BCUT2D eigenvalue weighted by molar-refractivity contribution is 9.10. The Bertz CT molecular complexity index is 494. The third-order valence-electron chi connectivity index (χ3n) is 2.46. The molecule has 2 aromatic heterocycles. The van der Waals surface area contributed by atoms with Crippen molar-refractivity contribution in [3.05, 3.63) is 40.4 Å². The van der Waals surface area contributed by atoms with Crippen LogP contribution in [0.15, 0.2) is 29.1 Å². The molecule has 0 bridgehead atoms. The largest absolute Gasteiger partial charge is 0.307 e. The fourth-order valence-electron chi connectivity index (χ4n) is 1.50. The fraction of sp³-hybridized carbons (Fsp3) is 0.417. The maximum absolute atomic E-state index is 4.42. The van der Waals surface area contributed by atoms with Gasteiger partial charge in [0.25, 0.3) is 0 Å². The molecule has 0 spiro atoms. The lowest BCUT2D eigenvalue weighted by atomic mass is 10.3. The third-order valence-corrected chi connectivity index (χ3v) is 3.07. The van der Waals surface area contributed by atoms with E-state index in [-0.39, 0.29) is 6.04 Å². The van der Waals surface area contributed by atoms with Gasteiger partial charge in [-0.1, -0.05) is 6.07 Å². The molecule has 0 atom stereocenters. The van der Waals surface area contributed by atoms with Crippen molar-refractivity contribution in [2.75, 3.05) is 0 Å². The molecule has 0 saturated heterocycles. The Hall–Kier alpha value is -1.27. The molecule has 5 nitrogen and oxygen atoms in total. The molecule has 0 fully saturated rings. The minimum Gasteiger partial charge on any atom is -0.307 e. The quantitative estimate of drug-likeness (QED) is 0.921. The van der Waals surface area contributed by atoms with Crippen LogP contribution < -0.4 is 5.32 Å². The van der Waals surface area contributed by atoms with Crippen LogP contribution in [-0.2, 0) is 13.1 Å². The van der Waals surface area contributed by atoms with E-state index in [2.05, 4.69) is 50.3 Å². The highest BCUT2D eigenvalue weighted by atomic mass is 79.9. The Kier molecular flexibility index (Phi) is 4.43. The summed E-state index contributed by atoms with van der Waals surface area (Å²) in [7, 11) is 0. The zero-order valence-corrected chi connectivity index (χ0v) is 12.1. The summed E-state index contributed by atoms with van der Waals surface area (Å²) in [6, 6.07) is 4.25. The summed E-state index contributed by atoms with van der Waals surface area (Å²) < 4.78 is 0.801. The predicted molar refractivity (Wildman–Crippen MR) is 72.9 cm³/mol. The van der Waals surface area contributed by atoms with Crippen LogP contribution in [0, 0.1) is 0 Å². The smallest absolute Gasteiger partial charge is 0.152 e. The highest BCUT2D eigenvalue weighted by Gasteiger charge is 2.09. The first-order valence-corrected chi connectivity index (χ1v) is 6.67. The number of hydrogen-bond acceptors (Lipinski definition) is 4. The maximum atomic E-state index is 4.42. The van der Waals surface area contributed by atoms with Gasteiger partial charge in [0, 0.05) is 25.5 Å². The third kappa shape index (κ3) is 3.36. The summed E-state index contributed by atoms with van der Waals surface area (Å²) in [6.07, 6.45) is 3.63. The Morgan fingerprint density at radius 2 is 2.17 bits per heavy atom. The lowest BCUT2D eigenvalue weighted by Gasteiger charge is -2.03. The normalized spacial score (nSPS) is 11.1. The zero-order valence-electron chi connectivity index (χ0n) is 10.5. The molecule has 96 valence electrons. The van der Waals surface area contributed by atoms with Gasteiger partial charge in [0.15, 0.2) is 4.60 Å². The van der Waals surface area contributed by atoms with Crippen molar-refractivity contribution in [3.8, 4) is 0 Å². The molecule has 0 radical (unpaired) electrons. The zero-order chi connectivity index (χ0) is 13.0. The van der Waals surface area contributed by atoms with Crippen LogP contribution in [0.25, 0.3) is 0 Å². The van der Waals surface area contributed by atoms with Crippen molar-refractivity contribution in [1.82, 2.24) is 25.3 Å². The minimum atomic E-state index is 0.272. The van der Waals surface area contributed by atoms with Gasteiger partial charge in [0.2, 0.25) is 0 Å². The van der Waals surface area contributed by atoms with Crippen LogP contribution >= 0.6 is 15.9 Å². The van der Waals surface area contributed by atoms with Crippen LogP contribution in [0.1, 0.15) is 31.1 Å². The predicted octanol–water partition coefficient (Wildman–Crippen LogP) is 2.31. The first-order chi connectivity index (χ1) is 8.66. The molecule has 0 amide bonds. The minimum absolute atomic E-state index is 0.272. The Morgan fingerprint density at radius 3 is 2.78 bits per heavy atom. The molecule has 1 N–H and O–H groups in total. The van der Waals surface area contributed by atoms with Gasteiger partial charge in [-0.2, -0.15) is 9.90 Å². The van der Waals surface area contributed by atoms with E-state index in [9.17, 15) is 0 Å². The first kappa shape index (κ1) is 13.2. The SMILES string of the molecule is CC(C)n1nc(Br)c(CNCc2cccnc2)n1. The molecule has 0 aliphatic rings.